The molecule has 1 amide bonds. The molecule has 0 aliphatic carbocycles. The molecule has 0 saturated heterocycles. The molecule has 0 radical (unpaired) electrons. The number of aromatic carboxylic acids is 1. The standard InChI is InChI=1S/C16H12FNO3/c17-12-8-5-11(6-9-12)7-10-15(19)18-14-4-2-1-3-13(14)16(20)21/h1-10H,(H,18,19)(H,20,21). The molecule has 2 rings (SSSR count). The SMILES string of the molecule is O=C(C=Cc1ccc(F)cc1)Nc1ccccc1C(=O)O. The molecule has 0 aliphatic rings. The van der Waals surface area contributed by atoms with E-state index in [-0.39, 0.29) is 17.1 Å². The first-order valence-corrected chi connectivity index (χ1v) is 6.13. The Morgan fingerprint density at radius 3 is 2.38 bits per heavy atom. The number of carbonyl (C=O) groups excluding carboxylic acids is 1. The molecule has 21 heavy (non-hydrogen) atoms. The van der Waals surface area contributed by atoms with Crippen molar-refractivity contribution in [1.29, 1.82) is 0 Å². The minimum atomic E-state index is -1.12. The smallest absolute Gasteiger partial charge is 0.337 e. The molecule has 106 valence electrons. The lowest BCUT2D eigenvalue weighted by atomic mass is 10.1. The van der Waals surface area contributed by atoms with Gasteiger partial charge in [0, 0.05) is 6.08 Å². The quantitative estimate of drug-likeness (QED) is 0.848. The van der Waals surface area contributed by atoms with Crippen LogP contribution in [0.1, 0.15) is 15.9 Å². The number of rotatable bonds is 4. The molecule has 0 fully saturated rings. The summed E-state index contributed by atoms with van der Waals surface area (Å²) in [5.41, 5.74) is 0.901. The van der Waals surface area contributed by atoms with E-state index in [0.717, 1.165) is 0 Å². The van der Waals surface area contributed by atoms with Gasteiger partial charge in [0.1, 0.15) is 5.82 Å². The number of benzene rings is 2. The van der Waals surface area contributed by atoms with Gasteiger partial charge in [0.2, 0.25) is 5.91 Å². The normalized spacial score (nSPS) is 10.5. The maximum absolute atomic E-state index is 12.7. The van der Waals surface area contributed by atoms with Crippen LogP contribution in [0, 0.1) is 5.82 Å². The number of halogens is 1. The zero-order chi connectivity index (χ0) is 15.2. The molecule has 5 heteroatoms. The number of carboxylic acids is 1. The Labute approximate surface area is 120 Å². The van der Waals surface area contributed by atoms with Crippen molar-refractivity contribution in [2.24, 2.45) is 0 Å². The molecule has 0 aromatic heterocycles. The minimum absolute atomic E-state index is 0.0148. The zero-order valence-corrected chi connectivity index (χ0v) is 10.9. The molecule has 0 heterocycles. The zero-order valence-electron chi connectivity index (χ0n) is 10.9. The fraction of sp³-hybridized carbons (Fsp3) is 0. The molecule has 0 spiro atoms. The van der Waals surface area contributed by atoms with E-state index in [1.54, 1.807) is 12.1 Å². The number of hydrogen-bond donors (Lipinski definition) is 2. The highest BCUT2D eigenvalue weighted by atomic mass is 19.1. The van der Waals surface area contributed by atoms with Crippen LogP contribution in [0.5, 0.6) is 0 Å². The first-order chi connectivity index (χ1) is 10.1. The Kier molecular flexibility index (Phi) is 4.46. The lowest BCUT2D eigenvalue weighted by Gasteiger charge is -2.05. The van der Waals surface area contributed by atoms with Crippen molar-refractivity contribution in [3.63, 3.8) is 0 Å². The second-order valence-corrected chi connectivity index (χ2v) is 4.22. The van der Waals surface area contributed by atoms with Gasteiger partial charge < -0.3 is 10.4 Å². The Morgan fingerprint density at radius 2 is 1.71 bits per heavy atom. The molecule has 2 aromatic carbocycles. The molecule has 0 saturated carbocycles. The van der Waals surface area contributed by atoms with E-state index in [2.05, 4.69) is 5.32 Å². The molecule has 0 bridgehead atoms. The fourth-order valence-corrected chi connectivity index (χ4v) is 1.70. The van der Waals surface area contributed by atoms with Gasteiger partial charge in [0.15, 0.2) is 0 Å². The number of hydrogen-bond acceptors (Lipinski definition) is 2. The highest BCUT2D eigenvalue weighted by molar-refractivity contribution is 6.06. The molecular formula is C16H12FNO3. The molecule has 0 atom stereocenters. The molecule has 2 N–H and O–H groups in total. The summed E-state index contributed by atoms with van der Waals surface area (Å²) in [6.07, 6.45) is 2.77. The second-order valence-electron chi connectivity index (χ2n) is 4.22. The predicted molar refractivity (Wildman–Crippen MR) is 77.5 cm³/mol. The van der Waals surface area contributed by atoms with Crippen molar-refractivity contribution in [3.8, 4) is 0 Å². The maximum Gasteiger partial charge on any atom is 0.337 e. The Hall–Kier alpha value is -2.95. The Balaban J connectivity index is 2.08. The number of amides is 1. The van der Waals surface area contributed by atoms with Crippen LogP contribution in [0.25, 0.3) is 6.08 Å². The second kappa shape index (κ2) is 6.47. The van der Waals surface area contributed by atoms with Crippen molar-refractivity contribution in [1.82, 2.24) is 0 Å². The van der Waals surface area contributed by atoms with Crippen LogP contribution in [0.4, 0.5) is 10.1 Å². The van der Waals surface area contributed by atoms with Gasteiger partial charge in [-0.05, 0) is 35.9 Å². The van der Waals surface area contributed by atoms with E-state index in [1.165, 1.54) is 48.6 Å². The maximum atomic E-state index is 12.7. The van der Waals surface area contributed by atoms with E-state index in [0.29, 0.717) is 5.56 Å². The number of carboxylic acid groups (broad SMARTS) is 1. The van der Waals surface area contributed by atoms with Crippen LogP contribution in [0.15, 0.2) is 54.6 Å². The summed E-state index contributed by atoms with van der Waals surface area (Å²) in [7, 11) is 0. The fourth-order valence-electron chi connectivity index (χ4n) is 1.70. The third-order valence-electron chi connectivity index (χ3n) is 2.71. The number of nitrogens with one attached hydrogen (secondary N) is 1. The summed E-state index contributed by atoms with van der Waals surface area (Å²) in [5.74, 6) is -1.94. The van der Waals surface area contributed by atoms with E-state index in [4.69, 9.17) is 5.11 Å². The van der Waals surface area contributed by atoms with Crippen LogP contribution in [0.2, 0.25) is 0 Å². The topological polar surface area (TPSA) is 66.4 Å². The average Bonchev–Trinajstić information content (AvgIpc) is 2.47. The van der Waals surface area contributed by atoms with E-state index in [1.807, 2.05) is 0 Å². The van der Waals surface area contributed by atoms with Crippen LogP contribution < -0.4 is 5.32 Å². The minimum Gasteiger partial charge on any atom is -0.478 e. The van der Waals surface area contributed by atoms with Gasteiger partial charge in [-0.15, -0.1) is 0 Å². The molecule has 0 aliphatic heterocycles. The number of carbonyl (C=O) groups is 2. The number of anilines is 1. The third-order valence-corrected chi connectivity index (χ3v) is 2.71. The van der Waals surface area contributed by atoms with E-state index < -0.39 is 11.9 Å². The van der Waals surface area contributed by atoms with E-state index in [9.17, 15) is 14.0 Å². The largest absolute Gasteiger partial charge is 0.478 e. The molecule has 0 unspecified atom stereocenters. The van der Waals surface area contributed by atoms with Crippen LogP contribution >= 0.6 is 0 Å². The molecule has 4 nitrogen and oxygen atoms in total. The number of para-hydroxylation sites is 1. The highest BCUT2D eigenvalue weighted by Gasteiger charge is 2.09. The van der Waals surface area contributed by atoms with Gasteiger partial charge in [0.25, 0.3) is 0 Å². The highest BCUT2D eigenvalue weighted by Crippen LogP contribution is 2.15. The lowest BCUT2D eigenvalue weighted by Crippen LogP contribution is -2.11. The van der Waals surface area contributed by atoms with Crippen LogP contribution in [0.3, 0.4) is 0 Å². The molecule has 2 aromatic rings. The van der Waals surface area contributed by atoms with E-state index >= 15 is 0 Å². The lowest BCUT2D eigenvalue weighted by molar-refractivity contribution is -0.111. The average molecular weight is 285 g/mol. The Morgan fingerprint density at radius 1 is 1.05 bits per heavy atom. The van der Waals surface area contributed by atoms with Crippen molar-refractivity contribution >= 4 is 23.6 Å². The van der Waals surface area contributed by atoms with Gasteiger partial charge in [-0.1, -0.05) is 24.3 Å². The molecular weight excluding hydrogens is 273 g/mol. The summed E-state index contributed by atoms with van der Waals surface area (Å²) in [5, 5.41) is 11.5. The van der Waals surface area contributed by atoms with Gasteiger partial charge in [-0.25, -0.2) is 9.18 Å². The first-order valence-electron chi connectivity index (χ1n) is 6.13. The Bertz CT molecular complexity index is 693. The summed E-state index contributed by atoms with van der Waals surface area (Å²) in [6.45, 7) is 0. The summed E-state index contributed by atoms with van der Waals surface area (Å²) in [6, 6.07) is 11.8. The van der Waals surface area contributed by atoms with Gasteiger partial charge in [-0.3, -0.25) is 4.79 Å². The summed E-state index contributed by atoms with van der Waals surface area (Å²) < 4.78 is 12.7. The van der Waals surface area contributed by atoms with Gasteiger partial charge >= 0.3 is 5.97 Å². The summed E-state index contributed by atoms with van der Waals surface area (Å²) in [4.78, 5) is 22.8. The van der Waals surface area contributed by atoms with Crippen molar-refractivity contribution in [2.45, 2.75) is 0 Å². The van der Waals surface area contributed by atoms with Gasteiger partial charge in [-0.2, -0.15) is 0 Å². The summed E-state index contributed by atoms with van der Waals surface area (Å²) >= 11 is 0. The third kappa shape index (κ3) is 4.01. The predicted octanol–water partition coefficient (Wildman–Crippen LogP) is 3.18. The van der Waals surface area contributed by atoms with Crippen molar-refractivity contribution < 1.29 is 19.1 Å². The monoisotopic (exact) mass is 285 g/mol. The first kappa shape index (κ1) is 14.5. The van der Waals surface area contributed by atoms with Gasteiger partial charge in [0.05, 0.1) is 11.3 Å². The van der Waals surface area contributed by atoms with Crippen molar-refractivity contribution in [3.05, 3.63) is 71.6 Å². The van der Waals surface area contributed by atoms with Crippen LogP contribution in [-0.2, 0) is 4.79 Å². The van der Waals surface area contributed by atoms with Crippen molar-refractivity contribution in [2.75, 3.05) is 5.32 Å². The van der Waals surface area contributed by atoms with Crippen LogP contribution in [-0.4, -0.2) is 17.0 Å².